The molecule has 1 aliphatic rings. The number of hydrogen-bond donors (Lipinski definition) is 2. The van der Waals surface area contributed by atoms with Crippen molar-refractivity contribution in [2.75, 3.05) is 13.1 Å². The molecule has 19 heavy (non-hydrogen) atoms. The van der Waals surface area contributed by atoms with Crippen molar-refractivity contribution in [3.05, 3.63) is 29.8 Å². The van der Waals surface area contributed by atoms with Crippen molar-refractivity contribution in [1.82, 2.24) is 10.2 Å². The Morgan fingerprint density at radius 2 is 1.79 bits per heavy atom. The van der Waals surface area contributed by atoms with Crippen LogP contribution in [-0.4, -0.2) is 35.2 Å². The topological polar surface area (TPSA) is 35.5 Å². The predicted molar refractivity (Wildman–Crippen MR) is 79.4 cm³/mol. The van der Waals surface area contributed by atoms with Crippen molar-refractivity contribution < 1.29 is 5.11 Å². The van der Waals surface area contributed by atoms with Gasteiger partial charge in [-0.3, -0.25) is 0 Å². The van der Waals surface area contributed by atoms with Crippen LogP contribution in [-0.2, 0) is 0 Å². The number of phenols is 1. The monoisotopic (exact) mass is 262 g/mol. The average Bonchev–Trinajstić information content (AvgIpc) is 2.39. The number of rotatable bonds is 4. The lowest BCUT2D eigenvalue weighted by Crippen LogP contribution is -2.45. The van der Waals surface area contributed by atoms with Gasteiger partial charge in [0, 0.05) is 23.7 Å². The lowest BCUT2D eigenvalue weighted by molar-refractivity contribution is 0.157. The Morgan fingerprint density at radius 3 is 2.37 bits per heavy atom. The standard InChI is InChI=1S/C16H26N2O/c1-12(2)18-10-8-14(9-11-18)17-13(3)15-6-4-5-7-16(15)19/h4-7,12-14,17,19H,8-11H2,1-3H3. The number of para-hydroxylation sites is 1. The van der Waals surface area contributed by atoms with E-state index < -0.39 is 0 Å². The highest BCUT2D eigenvalue weighted by molar-refractivity contribution is 5.34. The summed E-state index contributed by atoms with van der Waals surface area (Å²) in [5.74, 6) is 0.391. The van der Waals surface area contributed by atoms with Gasteiger partial charge in [-0.05, 0) is 52.8 Å². The second kappa shape index (κ2) is 6.40. The molecule has 106 valence electrons. The molecule has 2 N–H and O–H groups in total. The van der Waals surface area contributed by atoms with E-state index in [9.17, 15) is 5.11 Å². The van der Waals surface area contributed by atoms with Gasteiger partial charge in [-0.1, -0.05) is 18.2 Å². The summed E-state index contributed by atoms with van der Waals surface area (Å²) in [6.45, 7) is 8.99. The highest BCUT2D eigenvalue weighted by atomic mass is 16.3. The summed E-state index contributed by atoms with van der Waals surface area (Å²) in [4.78, 5) is 2.53. The van der Waals surface area contributed by atoms with Crippen molar-refractivity contribution in [1.29, 1.82) is 0 Å². The number of benzene rings is 1. The molecule has 1 aromatic rings. The zero-order chi connectivity index (χ0) is 13.8. The molecule has 1 unspecified atom stereocenters. The van der Waals surface area contributed by atoms with Crippen molar-refractivity contribution in [3.8, 4) is 5.75 Å². The van der Waals surface area contributed by atoms with Gasteiger partial charge in [0.05, 0.1) is 0 Å². The quantitative estimate of drug-likeness (QED) is 0.876. The first-order valence-corrected chi connectivity index (χ1v) is 7.36. The second-order valence-electron chi connectivity index (χ2n) is 5.85. The van der Waals surface area contributed by atoms with Crippen molar-refractivity contribution in [2.45, 2.75) is 51.7 Å². The number of hydrogen-bond acceptors (Lipinski definition) is 3. The molecule has 0 bridgehead atoms. The molecular weight excluding hydrogens is 236 g/mol. The first-order valence-electron chi connectivity index (χ1n) is 7.36. The molecule has 1 saturated heterocycles. The molecule has 0 amide bonds. The van der Waals surface area contributed by atoms with E-state index in [1.165, 1.54) is 25.9 Å². The third kappa shape index (κ3) is 3.71. The maximum absolute atomic E-state index is 9.88. The average molecular weight is 262 g/mol. The van der Waals surface area contributed by atoms with Crippen LogP contribution in [0, 0.1) is 0 Å². The van der Waals surface area contributed by atoms with E-state index in [1.807, 2.05) is 18.2 Å². The lowest BCUT2D eigenvalue weighted by Gasteiger charge is -2.36. The van der Waals surface area contributed by atoms with Crippen LogP contribution in [0.5, 0.6) is 5.75 Å². The molecule has 0 saturated carbocycles. The molecule has 1 heterocycles. The molecule has 1 aromatic carbocycles. The van der Waals surface area contributed by atoms with Gasteiger partial charge in [-0.2, -0.15) is 0 Å². The molecule has 0 aliphatic carbocycles. The Bertz CT molecular complexity index is 397. The van der Waals surface area contributed by atoms with E-state index in [0.717, 1.165) is 5.56 Å². The SMILES string of the molecule is CC(NC1CCN(C(C)C)CC1)c1ccccc1O. The molecule has 1 atom stereocenters. The van der Waals surface area contributed by atoms with Gasteiger partial charge in [0.1, 0.15) is 5.75 Å². The molecule has 0 spiro atoms. The minimum absolute atomic E-state index is 0.205. The van der Waals surface area contributed by atoms with E-state index in [4.69, 9.17) is 0 Å². The van der Waals surface area contributed by atoms with Gasteiger partial charge < -0.3 is 15.3 Å². The van der Waals surface area contributed by atoms with Crippen LogP contribution >= 0.6 is 0 Å². The summed E-state index contributed by atoms with van der Waals surface area (Å²) in [5, 5.41) is 13.5. The molecule has 2 rings (SSSR count). The van der Waals surface area contributed by atoms with E-state index in [1.54, 1.807) is 6.07 Å². The predicted octanol–water partition coefficient (Wildman–Crippen LogP) is 2.92. The molecule has 0 radical (unpaired) electrons. The highest BCUT2D eigenvalue weighted by Crippen LogP contribution is 2.25. The van der Waals surface area contributed by atoms with Crippen molar-refractivity contribution >= 4 is 0 Å². The molecule has 3 nitrogen and oxygen atoms in total. The van der Waals surface area contributed by atoms with Crippen molar-refractivity contribution in [3.63, 3.8) is 0 Å². The Hall–Kier alpha value is -1.06. The Morgan fingerprint density at radius 1 is 1.16 bits per heavy atom. The van der Waals surface area contributed by atoms with Gasteiger partial charge in [0.25, 0.3) is 0 Å². The fourth-order valence-electron chi connectivity index (χ4n) is 2.88. The summed E-state index contributed by atoms with van der Waals surface area (Å²) in [6.07, 6.45) is 2.38. The van der Waals surface area contributed by atoms with Crippen LogP contribution in [0.4, 0.5) is 0 Å². The number of phenolic OH excluding ortho intramolecular Hbond substituents is 1. The van der Waals surface area contributed by atoms with Gasteiger partial charge in [0.15, 0.2) is 0 Å². The number of likely N-dealkylation sites (tertiary alicyclic amines) is 1. The van der Waals surface area contributed by atoms with Crippen molar-refractivity contribution in [2.24, 2.45) is 0 Å². The van der Waals surface area contributed by atoms with E-state index in [-0.39, 0.29) is 6.04 Å². The smallest absolute Gasteiger partial charge is 0.120 e. The van der Waals surface area contributed by atoms with Gasteiger partial charge in [-0.15, -0.1) is 0 Å². The van der Waals surface area contributed by atoms with Gasteiger partial charge in [-0.25, -0.2) is 0 Å². The first-order chi connectivity index (χ1) is 9.08. The number of piperidine rings is 1. The van der Waals surface area contributed by atoms with Crippen LogP contribution in [0.3, 0.4) is 0 Å². The fraction of sp³-hybridized carbons (Fsp3) is 0.625. The van der Waals surface area contributed by atoms with Gasteiger partial charge in [0.2, 0.25) is 0 Å². The maximum Gasteiger partial charge on any atom is 0.120 e. The number of nitrogens with zero attached hydrogens (tertiary/aromatic N) is 1. The normalized spacial score (nSPS) is 19.8. The Balaban J connectivity index is 1.87. The van der Waals surface area contributed by atoms with Crippen LogP contribution in [0.15, 0.2) is 24.3 Å². The lowest BCUT2D eigenvalue weighted by atomic mass is 10.0. The maximum atomic E-state index is 9.88. The Kier molecular flexibility index (Phi) is 4.83. The van der Waals surface area contributed by atoms with Crippen LogP contribution in [0.2, 0.25) is 0 Å². The van der Waals surface area contributed by atoms with E-state index >= 15 is 0 Å². The minimum atomic E-state index is 0.205. The summed E-state index contributed by atoms with van der Waals surface area (Å²) in [5.41, 5.74) is 0.994. The van der Waals surface area contributed by atoms with E-state index in [0.29, 0.717) is 17.8 Å². The summed E-state index contributed by atoms with van der Waals surface area (Å²) < 4.78 is 0. The number of aromatic hydroxyl groups is 1. The summed E-state index contributed by atoms with van der Waals surface area (Å²) >= 11 is 0. The molecule has 0 aromatic heterocycles. The zero-order valence-corrected chi connectivity index (χ0v) is 12.3. The molecular formula is C16H26N2O. The second-order valence-corrected chi connectivity index (χ2v) is 5.85. The third-order valence-electron chi connectivity index (χ3n) is 4.15. The van der Waals surface area contributed by atoms with E-state index in [2.05, 4.69) is 31.0 Å². The largest absolute Gasteiger partial charge is 0.508 e. The number of nitrogens with one attached hydrogen (secondary N) is 1. The molecule has 1 fully saturated rings. The molecule has 3 heteroatoms. The minimum Gasteiger partial charge on any atom is -0.508 e. The fourth-order valence-corrected chi connectivity index (χ4v) is 2.88. The first kappa shape index (κ1) is 14.4. The van der Waals surface area contributed by atoms with Crippen LogP contribution < -0.4 is 5.32 Å². The Labute approximate surface area is 116 Å². The van der Waals surface area contributed by atoms with Gasteiger partial charge >= 0.3 is 0 Å². The zero-order valence-electron chi connectivity index (χ0n) is 12.3. The third-order valence-corrected chi connectivity index (χ3v) is 4.15. The highest BCUT2D eigenvalue weighted by Gasteiger charge is 2.22. The summed E-state index contributed by atoms with van der Waals surface area (Å²) in [7, 11) is 0. The van der Waals surface area contributed by atoms with Crippen LogP contribution in [0.1, 0.15) is 45.2 Å². The summed E-state index contributed by atoms with van der Waals surface area (Å²) in [6, 6.07) is 9.02. The van der Waals surface area contributed by atoms with Crippen LogP contribution in [0.25, 0.3) is 0 Å². The molecule has 1 aliphatic heterocycles.